The Hall–Kier alpha value is -0.770. The monoisotopic (exact) mass is 203 g/mol. The predicted molar refractivity (Wildman–Crippen MR) is 55.1 cm³/mol. The molecular formula is C10H21NO3. The van der Waals surface area contributed by atoms with Gasteiger partial charge in [0.25, 0.3) is 0 Å². The van der Waals surface area contributed by atoms with Gasteiger partial charge in [-0.05, 0) is 26.7 Å². The van der Waals surface area contributed by atoms with Crippen LogP contribution >= 0.6 is 0 Å². The van der Waals surface area contributed by atoms with E-state index in [4.69, 9.17) is 4.74 Å². The number of carbonyl (C=O) groups is 1. The van der Waals surface area contributed by atoms with E-state index in [1.807, 2.05) is 13.8 Å². The van der Waals surface area contributed by atoms with E-state index in [-0.39, 0.29) is 12.5 Å². The van der Waals surface area contributed by atoms with Crippen LogP contribution in [0.4, 0.5) is 4.79 Å². The minimum atomic E-state index is -0.525. The summed E-state index contributed by atoms with van der Waals surface area (Å²) >= 11 is 0. The molecule has 0 rings (SSSR count). The van der Waals surface area contributed by atoms with Crippen molar-refractivity contribution in [2.24, 2.45) is 5.92 Å². The van der Waals surface area contributed by atoms with Crippen molar-refractivity contribution in [3.8, 4) is 0 Å². The largest absolute Gasteiger partial charge is 0.444 e. The van der Waals surface area contributed by atoms with Crippen LogP contribution in [0.25, 0.3) is 0 Å². The average molecular weight is 203 g/mol. The minimum Gasteiger partial charge on any atom is -0.444 e. The van der Waals surface area contributed by atoms with Gasteiger partial charge in [-0.3, -0.25) is 0 Å². The first-order valence-electron chi connectivity index (χ1n) is 4.87. The van der Waals surface area contributed by atoms with E-state index in [1.54, 1.807) is 20.8 Å². The Kier molecular flexibility index (Phi) is 4.91. The number of hydrogen-bond acceptors (Lipinski definition) is 3. The van der Waals surface area contributed by atoms with E-state index < -0.39 is 17.8 Å². The van der Waals surface area contributed by atoms with Crippen molar-refractivity contribution in [2.75, 3.05) is 6.54 Å². The molecule has 0 unspecified atom stereocenters. The summed E-state index contributed by atoms with van der Waals surface area (Å²) in [7, 11) is 0. The first-order valence-corrected chi connectivity index (χ1v) is 4.87. The van der Waals surface area contributed by atoms with Crippen LogP contribution < -0.4 is 5.32 Å². The highest BCUT2D eigenvalue weighted by Crippen LogP contribution is 2.06. The molecule has 1 amide bonds. The molecule has 4 nitrogen and oxygen atoms in total. The summed E-state index contributed by atoms with van der Waals surface area (Å²) in [6.07, 6.45) is -1.01. The van der Waals surface area contributed by atoms with Gasteiger partial charge in [0, 0.05) is 6.54 Å². The summed E-state index contributed by atoms with van der Waals surface area (Å²) in [4.78, 5) is 11.1. The molecule has 0 aliphatic heterocycles. The van der Waals surface area contributed by atoms with Gasteiger partial charge < -0.3 is 15.2 Å². The zero-order valence-electron chi connectivity index (χ0n) is 9.63. The number of nitrogens with one attached hydrogen (secondary N) is 1. The fourth-order valence-corrected chi connectivity index (χ4v) is 0.738. The molecule has 0 fully saturated rings. The molecule has 0 saturated carbocycles. The van der Waals surface area contributed by atoms with Gasteiger partial charge in [0.2, 0.25) is 0 Å². The van der Waals surface area contributed by atoms with E-state index in [9.17, 15) is 9.90 Å². The molecule has 0 aliphatic carbocycles. The Morgan fingerprint density at radius 1 is 1.43 bits per heavy atom. The van der Waals surface area contributed by atoms with Crippen LogP contribution in [0.5, 0.6) is 0 Å². The van der Waals surface area contributed by atoms with Crippen molar-refractivity contribution >= 4 is 6.09 Å². The van der Waals surface area contributed by atoms with Gasteiger partial charge in [-0.2, -0.15) is 0 Å². The second-order valence-electron chi connectivity index (χ2n) is 4.69. The topological polar surface area (TPSA) is 58.6 Å². The van der Waals surface area contributed by atoms with Crippen molar-refractivity contribution in [1.29, 1.82) is 0 Å². The smallest absolute Gasteiger partial charge is 0.407 e. The number of aliphatic hydroxyl groups is 1. The number of rotatable bonds is 3. The van der Waals surface area contributed by atoms with E-state index in [2.05, 4.69) is 5.32 Å². The molecule has 1 atom stereocenters. The van der Waals surface area contributed by atoms with E-state index in [0.717, 1.165) is 0 Å². The highest BCUT2D eigenvalue weighted by atomic mass is 16.6. The molecule has 2 N–H and O–H groups in total. The molecule has 0 aromatic heterocycles. The number of ether oxygens (including phenoxy) is 1. The van der Waals surface area contributed by atoms with E-state index >= 15 is 0 Å². The highest BCUT2D eigenvalue weighted by Gasteiger charge is 2.17. The highest BCUT2D eigenvalue weighted by molar-refractivity contribution is 5.67. The van der Waals surface area contributed by atoms with Crippen LogP contribution in [0, 0.1) is 5.92 Å². The van der Waals surface area contributed by atoms with E-state index in [0.29, 0.717) is 0 Å². The Morgan fingerprint density at radius 2 is 1.93 bits per heavy atom. The summed E-state index contributed by atoms with van der Waals surface area (Å²) in [5, 5.41) is 11.9. The van der Waals surface area contributed by atoms with Crippen LogP contribution in [0.1, 0.15) is 34.6 Å². The Balaban J connectivity index is 3.75. The van der Waals surface area contributed by atoms with Crippen LogP contribution in [-0.4, -0.2) is 29.4 Å². The maximum absolute atomic E-state index is 11.1. The molecule has 0 aromatic rings. The summed E-state index contributed by atoms with van der Waals surface area (Å²) in [5.74, 6) is 0.130. The number of alkyl carbamates (subject to hydrolysis) is 1. The summed E-state index contributed by atoms with van der Waals surface area (Å²) in [6, 6.07) is 0. The summed E-state index contributed by atoms with van der Waals surface area (Å²) in [6.45, 7) is 9.40. The van der Waals surface area contributed by atoms with Gasteiger partial charge >= 0.3 is 6.09 Å². The Bertz CT molecular complexity index is 184. The lowest BCUT2D eigenvalue weighted by molar-refractivity contribution is 0.0468. The molecule has 0 aromatic carbocycles. The quantitative estimate of drug-likeness (QED) is 0.731. The maximum atomic E-state index is 11.1. The average Bonchev–Trinajstić information content (AvgIpc) is 1.96. The Labute approximate surface area is 85.6 Å². The zero-order valence-corrected chi connectivity index (χ0v) is 9.63. The van der Waals surface area contributed by atoms with Gasteiger partial charge in [0.05, 0.1) is 6.10 Å². The molecular weight excluding hydrogens is 182 g/mol. The third-order valence-corrected chi connectivity index (χ3v) is 1.62. The van der Waals surface area contributed by atoms with Crippen molar-refractivity contribution in [3.05, 3.63) is 0 Å². The molecule has 84 valence electrons. The van der Waals surface area contributed by atoms with Crippen molar-refractivity contribution in [1.82, 2.24) is 5.32 Å². The maximum Gasteiger partial charge on any atom is 0.407 e. The Morgan fingerprint density at radius 3 is 2.29 bits per heavy atom. The van der Waals surface area contributed by atoms with Crippen molar-refractivity contribution < 1.29 is 14.6 Å². The van der Waals surface area contributed by atoms with Crippen LogP contribution in [-0.2, 0) is 4.74 Å². The second-order valence-corrected chi connectivity index (χ2v) is 4.69. The lowest BCUT2D eigenvalue weighted by Crippen LogP contribution is -2.38. The molecule has 0 bridgehead atoms. The van der Waals surface area contributed by atoms with Gasteiger partial charge in [0.1, 0.15) is 5.60 Å². The third-order valence-electron chi connectivity index (χ3n) is 1.62. The minimum absolute atomic E-state index is 0.130. The first-order chi connectivity index (χ1) is 6.22. The van der Waals surface area contributed by atoms with Crippen LogP contribution in [0.2, 0.25) is 0 Å². The normalized spacial score (nSPS) is 13.9. The van der Waals surface area contributed by atoms with Crippen molar-refractivity contribution in [2.45, 2.75) is 46.3 Å². The zero-order chi connectivity index (χ0) is 11.4. The lowest BCUT2D eigenvalue weighted by Gasteiger charge is -2.21. The fourth-order valence-electron chi connectivity index (χ4n) is 0.738. The fraction of sp³-hybridized carbons (Fsp3) is 0.900. The number of amides is 1. The summed E-state index contributed by atoms with van der Waals surface area (Å²) < 4.78 is 5.01. The SMILES string of the molecule is CC(C)[C@@H](O)CNC(=O)OC(C)(C)C. The van der Waals surface area contributed by atoms with Crippen molar-refractivity contribution in [3.63, 3.8) is 0 Å². The van der Waals surface area contributed by atoms with Gasteiger partial charge in [-0.1, -0.05) is 13.8 Å². The molecule has 0 saturated heterocycles. The molecule has 0 aliphatic rings. The standard InChI is InChI=1S/C10H21NO3/c1-7(2)8(12)6-11-9(13)14-10(3,4)5/h7-8,12H,6H2,1-5H3,(H,11,13)/t8-/m0/s1. The molecule has 0 spiro atoms. The van der Waals surface area contributed by atoms with E-state index in [1.165, 1.54) is 0 Å². The van der Waals surface area contributed by atoms with Crippen LogP contribution in [0.15, 0.2) is 0 Å². The molecule has 4 heteroatoms. The molecule has 14 heavy (non-hydrogen) atoms. The third kappa shape index (κ3) is 6.71. The first kappa shape index (κ1) is 13.2. The second kappa shape index (κ2) is 5.20. The predicted octanol–water partition coefficient (Wildman–Crippen LogP) is 1.53. The van der Waals surface area contributed by atoms with Gasteiger partial charge in [-0.15, -0.1) is 0 Å². The number of carbonyl (C=O) groups excluding carboxylic acids is 1. The number of aliphatic hydroxyl groups excluding tert-OH is 1. The molecule has 0 radical (unpaired) electrons. The number of hydrogen-bond donors (Lipinski definition) is 2. The van der Waals surface area contributed by atoms with Crippen LogP contribution in [0.3, 0.4) is 0 Å². The lowest BCUT2D eigenvalue weighted by atomic mass is 10.1. The molecule has 0 heterocycles. The summed E-state index contributed by atoms with van der Waals surface area (Å²) in [5.41, 5.74) is -0.493. The van der Waals surface area contributed by atoms with Gasteiger partial charge in [-0.25, -0.2) is 4.79 Å². The van der Waals surface area contributed by atoms with Gasteiger partial charge in [0.15, 0.2) is 0 Å².